The summed E-state index contributed by atoms with van der Waals surface area (Å²) in [6.07, 6.45) is 2.37. The molecule has 3 heterocycles. The molecule has 118 valence electrons. The van der Waals surface area contributed by atoms with Gasteiger partial charge in [-0.3, -0.25) is 4.57 Å². The Labute approximate surface area is 126 Å². The van der Waals surface area contributed by atoms with E-state index in [1.54, 1.807) is 10.9 Å². The highest BCUT2D eigenvalue weighted by atomic mass is 16.7. The SMILES string of the molecule is CC(C)=NO[C@H]1C[C@@H](n2cnc3c(N)ncnc32)O[C@@H]1CO. The second-order valence-electron chi connectivity index (χ2n) is 5.31. The number of rotatable bonds is 4. The van der Waals surface area contributed by atoms with E-state index in [1.165, 1.54) is 6.33 Å². The van der Waals surface area contributed by atoms with Gasteiger partial charge >= 0.3 is 0 Å². The van der Waals surface area contributed by atoms with Crippen LogP contribution in [0.5, 0.6) is 0 Å². The second kappa shape index (κ2) is 5.85. The summed E-state index contributed by atoms with van der Waals surface area (Å²) >= 11 is 0. The predicted molar refractivity (Wildman–Crippen MR) is 79.0 cm³/mol. The summed E-state index contributed by atoms with van der Waals surface area (Å²) < 4.78 is 7.59. The second-order valence-corrected chi connectivity index (χ2v) is 5.31. The largest absolute Gasteiger partial charge is 0.394 e. The molecule has 1 aliphatic heterocycles. The fourth-order valence-corrected chi connectivity index (χ4v) is 2.40. The molecule has 0 aliphatic carbocycles. The molecule has 0 aromatic carbocycles. The van der Waals surface area contributed by atoms with Gasteiger partial charge in [-0.15, -0.1) is 0 Å². The molecular formula is C13H18N6O3. The van der Waals surface area contributed by atoms with Crippen molar-refractivity contribution in [1.82, 2.24) is 19.5 Å². The van der Waals surface area contributed by atoms with Crippen molar-refractivity contribution in [1.29, 1.82) is 0 Å². The van der Waals surface area contributed by atoms with Gasteiger partial charge in [0.15, 0.2) is 17.6 Å². The summed E-state index contributed by atoms with van der Waals surface area (Å²) in [7, 11) is 0. The van der Waals surface area contributed by atoms with Crippen molar-refractivity contribution < 1.29 is 14.7 Å². The first-order valence-corrected chi connectivity index (χ1v) is 6.96. The van der Waals surface area contributed by atoms with Crippen molar-refractivity contribution in [2.24, 2.45) is 5.16 Å². The third-order valence-corrected chi connectivity index (χ3v) is 3.43. The maximum atomic E-state index is 9.45. The molecule has 0 amide bonds. The number of nitrogens with zero attached hydrogens (tertiary/aromatic N) is 5. The van der Waals surface area contributed by atoms with Crippen LogP contribution in [0.15, 0.2) is 17.8 Å². The lowest BCUT2D eigenvalue weighted by Crippen LogP contribution is -2.26. The number of nitrogen functional groups attached to an aromatic ring is 1. The number of hydrogen-bond donors (Lipinski definition) is 2. The smallest absolute Gasteiger partial charge is 0.167 e. The van der Waals surface area contributed by atoms with Gasteiger partial charge in [-0.1, -0.05) is 5.16 Å². The Morgan fingerprint density at radius 1 is 1.50 bits per heavy atom. The quantitative estimate of drug-likeness (QED) is 0.622. The molecule has 9 nitrogen and oxygen atoms in total. The standard InChI is InChI=1S/C13H18N6O3/c1-7(2)18-22-8-3-10(21-9(8)4-20)19-6-17-11-12(14)15-5-16-13(11)19/h5-6,8-10,20H,3-4H2,1-2H3,(H2,14,15,16)/t8-,9+,10-/m0/s1. The Hall–Kier alpha value is -2.26. The first-order chi connectivity index (χ1) is 10.6. The predicted octanol–water partition coefficient (Wildman–Crippen LogP) is 0.469. The third kappa shape index (κ3) is 2.60. The topological polar surface area (TPSA) is 121 Å². The van der Waals surface area contributed by atoms with Gasteiger partial charge in [0.1, 0.15) is 24.2 Å². The van der Waals surface area contributed by atoms with E-state index >= 15 is 0 Å². The van der Waals surface area contributed by atoms with E-state index in [1.807, 2.05) is 13.8 Å². The molecule has 1 saturated heterocycles. The van der Waals surface area contributed by atoms with Crippen molar-refractivity contribution >= 4 is 22.7 Å². The van der Waals surface area contributed by atoms with Crippen LogP contribution in [0.1, 0.15) is 26.5 Å². The number of ether oxygens (including phenoxy) is 1. The average Bonchev–Trinajstić information content (AvgIpc) is 3.09. The Balaban J connectivity index is 1.86. The Kier molecular flexibility index (Phi) is 3.90. The minimum absolute atomic E-state index is 0.150. The highest BCUT2D eigenvalue weighted by Gasteiger charge is 2.38. The zero-order valence-corrected chi connectivity index (χ0v) is 12.4. The number of aromatic nitrogens is 4. The van der Waals surface area contributed by atoms with E-state index in [9.17, 15) is 5.11 Å². The minimum atomic E-state index is -0.454. The maximum Gasteiger partial charge on any atom is 0.167 e. The van der Waals surface area contributed by atoms with Gasteiger partial charge in [0.25, 0.3) is 0 Å². The number of imidazole rings is 1. The first-order valence-electron chi connectivity index (χ1n) is 6.96. The number of fused-ring (bicyclic) bond motifs is 1. The highest BCUT2D eigenvalue weighted by Crippen LogP contribution is 2.32. The van der Waals surface area contributed by atoms with Crippen molar-refractivity contribution in [2.45, 2.75) is 38.7 Å². The lowest BCUT2D eigenvalue weighted by Gasteiger charge is -2.14. The van der Waals surface area contributed by atoms with Crippen LogP contribution in [0.2, 0.25) is 0 Å². The number of aliphatic hydroxyl groups is 1. The minimum Gasteiger partial charge on any atom is -0.394 e. The van der Waals surface area contributed by atoms with E-state index in [2.05, 4.69) is 20.1 Å². The summed E-state index contributed by atoms with van der Waals surface area (Å²) in [5, 5.41) is 13.4. The molecule has 1 fully saturated rings. The molecule has 3 rings (SSSR count). The summed E-state index contributed by atoms with van der Waals surface area (Å²) in [4.78, 5) is 17.8. The first kappa shape index (κ1) is 14.7. The van der Waals surface area contributed by atoms with E-state index in [-0.39, 0.29) is 18.9 Å². The molecular weight excluding hydrogens is 288 g/mol. The van der Waals surface area contributed by atoms with Crippen molar-refractivity contribution in [3.63, 3.8) is 0 Å². The van der Waals surface area contributed by atoms with E-state index < -0.39 is 6.10 Å². The molecule has 0 unspecified atom stereocenters. The molecule has 2 aromatic heterocycles. The van der Waals surface area contributed by atoms with Crippen molar-refractivity contribution in [3.05, 3.63) is 12.7 Å². The molecule has 3 N–H and O–H groups in total. The van der Waals surface area contributed by atoms with Crippen LogP contribution in [-0.4, -0.2) is 49.2 Å². The fourth-order valence-electron chi connectivity index (χ4n) is 2.40. The summed E-state index contributed by atoms with van der Waals surface area (Å²) in [5.41, 5.74) is 7.69. The highest BCUT2D eigenvalue weighted by molar-refractivity contribution is 5.81. The Bertz CT molecular complexity index is 696. The average molecular weight is 306 g/mol. The van der Waals surface area contributed by atoms with Crippen molar-refractivity contribution in [3.8, 4) is 0 Å². The number of anilines is 1. The van der Waals surface area contributed by atoms with Crippen LogP contribution >= 0.6 is 0 Å². The summed E-state index contributed by atoms with van der Waals surface area (Å²) in [6, 6.07) is 0. The molecule has 0 spiro atoms. The van der Waals surface area contributed by atoms with Gasteiger partial charge in [-0.05, 0) is 13.8 Å². The van der Waals surface area contributed by atoms with E-state index in [0.29, 0.717) is 23.4 Å². The number of nitrogens with two attached hydrogens (primary N) is 1. The van der Waals surface area contributed by atoms with Crippen LogP contribution in [0.4, 0.5) is 5.82 Å². The molecule has 2 aromatic rings. The lowest BCUT2D eigenvalue weighted by atomic mass is 10.2. The molecule has 3 atom stereocenters. The van der Waals surface area contributed by atoms with Gasteiger partial charge in [0.05, 0.1) is 18.6 Å². The normalized spacial score (nSPS) is 24.6. The van der Waals surface area contributed by atoms with Gasteiger partial charge in [0.2, 0.25) is 0 Å². The maximum absolute atomic E-state index is 9.45. The van der Waals surface area contributed by atoms with E-state index in [4.69, 9.17) is 15.3 Å². The van der Waals surface area contributed by atoms with Crippen LogP contribution < -0.4 is 5.73 Å². The van der Waals surface area contributed by atoms with Gasteiger partial charge < -0.3 is 20.4 Å². The number of oxime groups is 1. The number of hydrogen-bond acceptors (Lipinski definition) is 8. The van der Waals surface area contributed by atoms with Crippen LogP contribution in [0.3, 0.4) is 0 Å². The molecule has 0 radical (unpaired) electrons. The Morgan fingerprint density at radius 2 is 2.32 bits per heavy atom. The monoisotopic (exact) mass is 306 g/mol. The van der Waals surface area contributed by atoms with Crippen LogP contribution in [-0.2, 0) is 9.57 Å². The van der Waals surface area contributed by atoms with E-state index in [0.717, 1.165) is 5.71 Å². The third-order valence-electron chi connectivity index (χ3n) is 3.43. The van der Waals surface area contributed by atoms with Gasteiger partial charge in [-0.2, -0.15) is 0 Å². The van der Waals surface area contributed by atoms with Crippen LogP contribution in [0, 0.1) is 0 Å². The summed E-state index contributed by atoms with van der Waals surface area (Å²) in [6.45, 7) is 3.53. The van der Waals surface area contributed by atoms with Gasteiger partial charge in [-0.25, -0.2) is 15.0 Å². The fraction of sp³-hybridized carbons (Fsp3) is 0.538. The number of aliphatic hydroxyl groups excluding tert-OH is 1. The molecule has 1 aliphatic rings. The molecule has 0 saturated carbocycles. The molecule has 0 bridgehead atoms. The molecule has 9 heteroatoms. The van der Waals surface area contributed by atoms with Crippen LogP contribution in [0.25, 0.3) is 11.2 Å². The lowest BCUT2D eigenvalue weighted by molar-refractivity contribution is -0.0597. The van der Waals surface area contributed by atoms with Gasteiger partial charge in [0, 0.05) is 6.42 Å². The Morgan fingerprint density at radius 3 is 3.05 bits per heavy atom. The molecule has 22 heavy (non-hydrogen) atoms. The van der Waals surface area contributed by atoms with Crippen molar-refractivity contribution in [2.75, 3.05) is 12.3 Å². The summed E-state index contributed by atoms with van der Waals surface area (Å²) in [5.74, 6) is 0.319. The zero-order chi connectivity index (χ0) is 15.7. The zero-order valence-electron chi connectivity index (χ0n) is 12.4.